The third-order valence-corrected chi connectivity index (χ3v) is 8.30. The lowest BCUT2D eigenvalue weighted by atomic mass is 9.74. The Morgan fingerprint density at radius 3 is 2.71 bits per heavy atom. The van der Waals surface area contributed by atoms with Crippen molar-refractivity contribution in [2.24, 2.45) is 11.1 Å². The average molecular weight is 431 g/mol. The maximum absolute atomic E-state index is 6.48. The van der Waals surface area contributed by atoms with Crippen molar-refractivity contribution in [2.75, 3.05) is 18.0 Å². The molecule has 4 aromatic rings. The average Bonchev–Trinajstić information content (AvgIpc) is 3.43. The largest absolute Gasteiger partial charge is 0.342 e. The lowest BCUT2D eigenvalue weighted by Crippen LogP contribution is -2.47. The van der Waals surface area contributed by atoms with Crippen molar-refractivity contribution in [3.05, 3.63) is 55.2 Å². The SMILES string of the molecule is N[C@@H]1CCCC12CCN(c1ncc(Sc3cncc4ccccc34)c3nccn13)CC2. The zero-order valence-electron chi connectivity index (χ0n) is 17.4. The fraction of sp³-hybridized carbons (Fsp3) is 0.375. The Labute approximate surface area is 185 Å². The standard InChI is InChI=1S/C24H26N6S/c25-21-6-3-7-24(21)8-11-29(12-9-24)23-28-16-20(22-27-10-13-30(22)23)31-19-15-26-14-17-4-1-2-5-18(17)19/h1-2,4-5,10,13-16,21H,3,6-9,11-12,25H2/t21-/m1/s1. The second-order valence-corrected chi connectivity index (χ2v) is 9.94. The normalized spacial score (nSPS) is 20.8. The minimum atomic E-state index is 0.349. The van der Waals surface area contributed by atoms with E-state index < -0.39 is 0 Å². The van der Waals surface area contributed by atoms with Crippen molar-refractivity contribution >= 4 is 34.1 Å². The van der Waals surface area contributed by atoms with Crippen LogP contribution < -0.4 is 10.6 Å². The number of rotatable bonds is 3. The summed E-state index contributed by atoms with van der Waals surface area (Å²) in [6.07, 6.45) is 15.7. The van der Waals surface area contributed by atoms with Gasteiger partial charge in [0.15, 0.2) is 5.65 Å². The Morgan fingerprint density at radius 1 is 1.00 bits per heavy atom. The molecular weight excluding hydrogens is 404 g/mol. The number of imidazole rings is 1. The lowest BCUT2D eigenvalue weighted by molar-refractivity contribution is 0.197. The number of nitrogens with two attached hydrogens (primary N) is 1. The van der Waals surface area contributed by atoms with Crippen LogP contribution in [0, 0.1) is 5.41 Å². The molecule has 6 nitrogen and oxygen atoms in total. The van der Waals surface area contributed by atoms with Gasteiger partial charge in [0.25, 0.3) is 0 Å². The molecule has 1 aromatic carbocycles. The Kier molecular flexibility index (Phi) is 4.61. The van der Waals surface area contributed by atoms with Gasteiger partial charge in [-0.15, -0.1) is 0 Å². The number of hydrogen-bond acceptors (Lipinski definition) is 6. The van der Waals surface area contributed by atoms with Gasteiger partial charge < -0.3 is 10.6 Å². The predicted molar refractivity (Wildman–Crippen MR) is 125 cm³/mol. The summed E-state index contributed by atoms with van der Waals surface area (Å²) in [5, 5.41) is 2.34. The van der Waals surface area contributed by atoms with Crippen LogP contribution in [0.5, 0.6) is 0 Å². The number of aromatic nitrogens is 4. The van der Waals surface area contributed by atoms with Crippen molar-refractivity contribution in [3.63, 3.8) is 0 Å². The van der Waals surface area contributed by atoms with E-state index in [-0.39, 0.29) is 0 Å². The Balaban J connectivity index is 1.31. The maximum Gasteiger partial charge on any atom is 0.211 e. The summed E-state index contributed by atoms with van der Waals surface area (Å²) < 4.78 is 2.13. The van der Waals surface area contributed by atoms with Crippen LogP contribution in [-0.4, -0.2) is 38.5 Å². The predicted octanol–water partition coefficient (Wildman–Crippen LogP) is 4.53. The van der Waals surface area contributed by atoms with Crippen molar-refractivity contribution in [2.45, 2.75) is 47.9 Å². The van der Waals surface area contributed by atoms with E-state index in [1.165, 1.54) is 24.6 Å². The van der Waals surface area contributed by atoms with E-state index in [1.807, 2.05) is 37.1 Å². The third-order valence-electron chi connectivity index (χ3n) is 7.24. The van der Waals surface area contributed by atoms with Crippen molar-refractivity contribution in [1.82, 2.24) is 19.4 Å². The summed E-state index contributed by atoms with van der Waals surface area (Å²) in [6, 6.07) is 8.71. The molecule has 2 aliphatic rings. The zero-order valence-corrected chi connectivity index (χ0v) is 18.3. The van der Waals surface area contributed by atoms with Gasteiger partial charge in [0.1, 0.15) is 0 Å². The second kappa shape index (κ2) is 7.50. The molecule has 4 heterocycles. The Bertz CT molecular complexity index is 1240. The van der Waals surface area contributed by atoms with Crippen molar-refractivity contribution in [3.8, 4) is 0 Å². The van der Waals surface area contributed by atoms with Gasteiger partial charge in [0.2, 0.25) is 5.95 Å². The van der Waals surface area contributed by atoms with E-state index in [4.69, 9.17) is 10.7 Å². The third kappa shape index (κ3) is 3.18. The molecule has 0 bridgehead atoms. The number of benzene rings is 1. The smallest absolute Gasteiger partial charge is 0.211 e. The van der Waals surface area contributed by atoms with Crippen LogP contribution in [0.15, 0.2) is 65.0 Å². The monoisotopic (exact) mass is 430 g/mol. The van der Waals surface area contributed by atoms with E-state index in [1.54, 1.807) is 11.8 Å². The molecule has 2 fully saturated rings. The summed E-state index contributed by atoms with van der Waals surface area (Å²) in [5.41, 5.74) is 7.77. The molecule has 158 valence electrons. The minimum absolute atomic E-state index is 0.349. The van der Waals surface area contributed by atoms with Crippen LogP contribution in [0.25, 0.3) is 16.4 Å². The first-order valence-electron chi connectivity index (χ1n) is 11.1. The van der Waals surface area contributed by atoms with E-state index in [9.17, 15) is 0 Å². The van der Waals surface area contributed by atoms with Crippen LogP contribution in [0.3, 0.4) is 0 Å². The van der Waals surface area contributed by atoms with Gasteiger partial charge in [0, 0.05) is 60.4 Å². The molecule has 1 spiro atoms. The van der Waals surface area contributed by atoms with Crippen LogP contribution >= 0.6 is 11.8 Å². The summed E-state index contributed by atoms with van der Waals surface area (Å²) in [4.78, 5) is 18.5. The van der Waals surface area contributed by atoms with E-state index in [0.29, 0.717) is 11.5 Å². The first-order chi connectivity index (χ1) is 15.2. The van der Waals surface area contributed by atoms with Crippen LogP contribution in [0.4, 0.5) is 5.95 Å². The molecule has 0 amide bonds. The first-order valence-corrected chi connectivity index (χ1v) is 11.9. The highest BCUT2D eigenvalue weighted by Gasteiger charge is 2.43. The molecule has 2 N–H and O–H groups in total. The first kappa shape index (κ1) is 19.1. The maximum atomic E-state index is 6.48. The molecule has 1 saturated carbocycles. The van der Waals surface area contributed by atoms with Gasteiger partial charge in [0.05, 0.1) is 4.90 Å². The van der Waals surface area contributed by atoms with Gasteiger partial charge >= 0.3 is 0 Å². The van der Waals surface area contributed by atoms with Crippen LogP contribution in [0.2, 0.25) is 0 Å². The number of nitrogens with zero attached hydrogens (tertiary/aromatic N) is 5. The number of hydrogen-bond donors (Lipinski definition) is 1. The quantitative estimate of drug-likeness (QED) is 0.515. The molecule has 1 atom stereocenters. The fourth-order valence-corrected chi connectivity index (χ4v) is 6.41. The highest BCUT2D eigenvalue weighted by molar-refractivity contribution is 7.99. The summed E-state index contributed by atoms with van der Waals surface area (Å²) in [7, 11) is 0. The molecule has 6 rings (SSSR count). The lowest BCUT2D eigenvalue weighted by Gasteiger charge is -2.42. The highest BCUT2D eigenvalue weighted by atomic mass is 32.2. The Morgan fingerprint density at radius 2 is 1.87 bits per heavy atom. The molecule has 0 radical (unpaired) electrons. The fourth-order valence-electron chi connectivity index (χ4n) is 5.42. The second-order valence-electron chi connectivity index (χ2n) is 8.85. The Hall–Kier alpha value is -2.64. The van der Waals surface area contributed by atoms with Gasteiger partial charge in [-0.25, -0.2) is 9.97 Å². The van der Waals surface area contributed by atoms with E-state index >= 15 is 0 Å². The molecule has 1 aliphatic carbocycles. The molecule has 31 heavy (non-hydrogen) atoms. The van der Waals surface area contributed by atoms with Gasteiger partial charge in [-0.1, -0.05) is 42.4 Å². The zero-order chi connectivity index (χ0) is 20.8. The van der Waals surface area contributed by atoms with Crippen molar-refractivity contribution in [1.29, 1.82) is 0 Å². The molecule has 1 aliphatic heterocycles. The molecule has 3 aromatic heterocycles. The summed E-state index contributed by atoms with van der Waals surface area (Å²) >= 11 is 1.68. The molecular formula is C24H26N6S. The minimum Gasteiger partial charge on any atom is -0.342 e. The van der Waals surface area contributed by atoms with Crippen molar-refractivity contribution < 1.29 is 0 Å². The molecule has 1 saturated heterocycles. The molecule has 7 heteroatoms. The number of fused-ring (bicyclic) bond motifs is 2. The highest BCUT2D eigenvalue weighted by Crippen LogP contribution is 2.46. The van der Waals surface area contributed by atoms with Gasteiger partial charge in [-0.2, -0.15) is 0 Å². The summed E-state index contributed by atoms with van der Waals surface area (Å²) in [6.45, 7) is 2.02. The number of anilines is 1. The summed E-state index contributed by atoms with van der Waals surface area (Å²) in [5.74, 6) is 0.981. The topological polar surface area (TPSA) is 72.3 Å². The van der Waals surface area contributed by atoms with E-state index in [2.05, 4.69) is 37.5 Å². The van der Waals surface area contributed by atoms with Crippen LogP contribution in [-0.2, 0) is 0 Å². The van der Waals surface area contributed by atoms with Gasteiger partial charge in [-0.05, 0) is 36.5 Å². The number of piperidine rings is 1. The number of pyridine rings is 1. The van der Waals surface area contributed by atoms with Crippen LogP contribution in [0.1, 0.15) is 32.1 Å². The molecule has 0 unspecified atom stereocenters. The van der Waals surface area contributed by atoms with E-state index in [0.717, 1.165) is 52.7 Å². The van der Waals surface area contributed by atoms with Gasteiger partial charge in [-0.3, -0.25) is 9.38 Å².